The van der Waals surface area contributed by atoms with Crippen molar-refractivity contribution in [3.8, 4) is 0 Å². The predicted octanol–water partition coefficient (Wildman–Crippen LogP) is 6.19. The van der Waals surface area contributed by atoms with Gasteiger partial charge in [0, 0.05) is 38.6 Å². The van der Waals surface area contributed by atoms with Crippen LogP contribution in [0.2, 0.25) is 0 Å². The molecule has 0 spiro atoms. The Balaban J connectivity index is 0.000000961. The first kappa shape index (κ1) is 20.5. The van der Waals surface area contributed by atoms with Gasteiger partial charge in [0.05, 0.1) is 0 Å². The van der Waals surface area contributed by atoms with E-state index in [4.69, 9.17) is 0 Å². The minimum atomic E-state index is 0. The van der Waals surface area contributed by atoms with E-state index in [0.29, 0.717) is 11.8 Å². The Labute approximate surface area is 156 Å². The molecule has 1 radical (unpaired) electrons. The first-order valence-corrected chi connectivity index (χ1v) is 7.50. The Hall–Kier alpha value is -0.456. The van der Waals surface area contributed by atoms with Gasteiger partial charge >= 0.3 is 0 Å². The minimum absolute atomic E-state index is 0. The summed E-state index contributed by atoms with van der Waals surface area (Å²) in [6.07, 6.45) is 2.58. The van der Waals surface area contributed by atoms with Gasteiger partial charge in [-0.1, -0.05) is 75.4 Å². The monoisotopic (exact) mass is 356 g/mol. The van der Waals surface area contributed by atoms with E-state index in [2.05, 4.69) is 61.5 Å². The molecule has 0 saturated carbocycles. The fourth-order valence-electron chi connectivity index (χ4n) is 3.04. The van der Waals surface area contributed by atoms with E-state index in [1.165, 1.54) is 24.0 Å². The number of fused-ring (bicyclic) bond motifs is 1. The van der Waals surface area contributed by atoms with Gasteiger partial charge in [-0.3, -0.25) is 0 Å². The van der Waals surface area contributed by atoms with Crippen molar-refractivity contribution in [3.63, 3.8) is 0 Å². The third kappa shape index (κ3) is 4.76. The van der Waals surface area contributed by atoms with Crippen LogP contribution in [0.4, 0.5) is 0 Å². The summed E-state index contributed by atoms with van der Waals surface area (Å²) in [5.41, 5.74) is 4.55. The molecule has 2 unspecified atom stereocenters. The van der Waals surface area contributed by atoms with E-state index < -0.39 is 0 Å². The van der Waals surface area contributed by atoms with Gasteiger partial charge in [-0.05, 0) is 35.4 Å². The summed E-state index contributed by atoms with van der Waals surface area (Å²) in [4.78, 5) is 0. The maximum atomic E-state index is 2.35. The van der Waals surface area contributed by atoms with Gasteiger partial charge in [0.25, 0.3) is 0 Å². The van der Waals surface area contributed by atoms with E-state index in [1.807, 2.05) is 13.8 Å². The molecule has 1 aliphatic rings. The normalized spacial score (nSPS) is 19.0. The Kier molecular flexibility index (Phi) is 10.1. The second-order valence-electron chi connectivity index (χ2n) is 5.07. The molecule has 2 aromatic rings. The molecular formula is C20H27Y-. The average Bonchev–Trinajstić information content (AvgIpc) is 2.51. The molecule has 3 rings (SSSR count). The quantitative estimate of drug-likeness (QED) is 0.535. The van der Waals surface area contributed by atoms with Gasteiger partial charge in [0.15, 0.2) is 0 Å². The third-order valence-electron chi connectivity index (χ3n) is 3.99. The molecule has 0 nitrogen and oxygen atoms in total. The number of hydrogen-bond acceptors (Lipinski definition) is 0. The average molecular weight is 356 g/mol. The van der Waals surface area contributed by atoms with Crippen LogP contribution in [0.3, 0.4) is 0 Å². The van der Waals surface area contributed by atoms with Gasteiger partial charge in [-0.25, -0.2) is 0 Å². The zero-order valence-corrected chi connectivity index (χ0v) is 16.7. The van der Waals surface area contributed by atoms with E-state index >= 15 is 0 Å². The molecule has 111 valence electrons. The van der Waals surface area contributed by atoms with Crippen LogP contribution in [0.5, 0.6) is 0 Å². The van der Waals surface area contributed by atoms with Crippen LogP contribution in [-0.4, -0.2) is 0 Å². The van der Waals surface area contributed by atoms with Crippen molar-refractivity contribution in [1.82, 2.24) is 0 Å². The van der Waals surface area contributed by atoms with Crippen molar-refractivity contribution in [2.24, 2.45) is 0 Å². The Morgan fingerprint density at radius 2 is 1.29 bits per heavy atom. The van der Waals surface area contributed by atoms with Crippen molar-refractivity contribution in [3.05, 3.63) is 78.7 Å². The molecule has 0 heterocycles. The molecule has 2 atom stereocenters. The molecular weight excluding hydrogens is 329 g/mol. The van der Waals surface area contributed by atoms with Gasteiger partial charge in [-0.15, -0.1) is 0 Å². The first-order chi connectivity index (χ1) is 9.36. The summed E-state index contributed by atoms with van der Waals surface area (Å²) >= 11 is 0. The minimum Gasteiger partial charge on any atom is -0.358 e. The summed E-state index contributed by atoms with van der Waals surface area (Å²) in [5.74, 6) is 1.31. The summed E-state index contributed by atoms with van der Waals surface area (Å²) in [6, 6.07) is 19.9. The van der Waals surface area contributed by atoms with E-state index in [9.17, 15) is 0 Å². The van der Waals surface area contributed by atoms with E-state index in [-0.39, 0.29) is 40.1 Å². The molecule has 0 fully saturated rings. The number of benzene rings is 2. The van der Waals surface area contributed by atoms with E-state index in [1.54, 1.807) is 5.56 Å². The molecule has 0 amide bonds. The van der Waals surface area contributed by atoms with Crippen molar-refractivity contribution in [2.75, 3.05) is 0 Å². The molecule has 0 aliphatic heterocycles. The van der Waals surface area contributed by atoms with Crippen molar-refractivity contribution >= 4 is 0 Å². The topological polar surface area (TPSA) is 0 Å². The van der Waals surface area contributed by atoms with Gasteiger partial charge < -0.3 is 7.43 Å². The molecule has 0 saturated heterocycles. The van der Waals surface area contributed by atoms with Crippen molar-refractivity contribution in [2.45, 2.75) is 45.4 Å². The van der Waals surface area contributed by atoms with Crippen LogP contribution in [0.1, 0.15) is 62.1 Å². The Morgan fingerprint density at radius 1 is 0.762 bits per heavy atom. The number of rotatable bonds is 1. The van der Waals surface area contributed by atoms with Crippen LogP contribution in [-0.2, 0) is 32.7 Å². The fourth-order valence-corrected chi connectivity index (χ4v) is 3.04. The Morgan fingerprint density at radius 3 is 1.90 bits per heavy atom. The predicted molar refractivity (Wildman–Crippen MR) is 90.1 cm³/mol. The van der Waals surface area contributed by atoms with Crippen molar-refractivity contribution in [1.29, 1.82) is 0 Å². The molecule has 1 aliphatic carbocycles. The zero-order chi connectivity index (χ0) is 13.7. The second-order valence-corrected chi connectivity index (χ2v) is 5.07. The van der Waals surface area contributed by atoms with Crippen LogP contribution in [0.15, 0.2) is 54.6 Å². The fraction of sp³-hybridized carbons (Fsp3) is 0.350. The smallest absolute Gasteiger partial charge is 0.00923 e. The summed E-state index contributed by atoms with van der Waals surface area (Å²) in [5, 5.41) is 0. The van der Waals surface area contributed by atoms with Crippen LogP contribution >= 0.6 is 0 Å². The molecule has 0 bridgehead atoms. The third-order valence-corrected chi connectivity index (χ3v) is 3.99. The van der Waals surface area contributed by atoms with Crippen LogP contribution in [0, 0.1) is 7.43 Å². The maximum Gasteiger partial charge on any atom is 0.00923 e. The van der Waals surface area contributed by atoms with Crippen LogP contribution < -0.4 is 0 Å². The zero-order valence-electron chi connectivity index (χ0n) is 13.8. The summed E-state index contributed by atoms with van der Waals surface area (Å²) < 4.78 is 0. The number of hydrogen-bond donors (Lipinski definition) is 0. The largest absolute Gasteiger partial charge is 0.358 e. The molecule has 0 N–H and O–H groups in total. The maximum absolute atomic E-state index is 2.35. The molecule has 21 heavy (non-hydrogen) atoms. The standard InChI is InChI=1S/C17H18.C2H6.CH3.Y/c1-13-11-12-16(14-7-3-2-4-8-14)17-10-6-5-9-15(13)17;1-2;;/h2-10,13,16H,11-12H2,1H3;1-2H3;1H3;/q;;-1;. The second kappa shape index (κ2) is 10.3. The first-order valence-electron chi connectivity index (χ1n) is 7.50. The SMILES string of the molecule is CC.CC1CCC(c2ccccc2)c2ccccc21.[CH3-].[Y]. The molecule has 2 aromatic carbocycles. The molecule has 0 aromatic heterocycles. The van der Waals surface area contributed by atoms with E-state index in [0.717, 1.165) is 0 Å². The van der Waals surface area contributed by atoms with Gasteiger partial charge in [-0.2, -0.15) is 0 Å². The van der Waals surface area contributed by atoms with Gasteiger partial charge in [0.1, 0.15) is 0 Å². The van der Waals surface area contributed by atoms with Crippen LogP contribution in [0.25, 0.3) is 0 Å². The van der Waals surface area contributed by atoms with Gasteiger partial charge in [0.2, 0.25) is 0 Å². The Bertz CT molecular complexity index is 504. The molecule has 1 heteroatoms. The van der Waals surface area contributed by atoms with Crippen molar-refractivity contribution < 1.29 is 32.7 Å². The summed E-state index contributed by atoms with van der Waals surface area (Å²) in [7, 11) is 0. The summed E-state index contributed by atoms with van der Waals surface area (Å²) in [6.45, 7) is 6.35.